The van der Waals surface area contributed by atoms with Crippen LogP contribution in [0.1, 0.15) is 17.9 Å². The molecule has 1 aliphatic heterocycles. The quantitative estimate of drug-likeness (QED) is 0.803. The number of nitrogens with zero attached hydrogens (tertiary/aromatic N) is 3. The van der Waals surface area contributed by atoms with Gasteiger partial charge in [0.15, 0.2) is 0 Å². The van der Waals surface area contributed by atoms with E-state index in [1.807, 2.05) is 0 Å². The van der Waals surface area contributed by atoms with E-state index in [4.69, 9.17) is 4.74 Å². The Hall–Kier alpha value is -2.91. The summed E-state index contributed by atoms with van der Waals surface area (Å²) in [5, 5.41) is 2.08. The summed E-state index contributed by atoms with van der Waals surface area (Å²) in [6.07, 6.45) is -3.25. The first-order valence-corrected chi connectivity index (χ1v) is 8.52. The minimum Gasteiger partial charge on any atom is -0.481 e. The lowest BCUT2D eigenvalue weighted by molar-refractivity contribution is -0.174. The van der Waals surface area contributed by atoms with Gasteiger partial charge < -0.3 is 15.0 Å². The first-order chi connectivity index (χ1) is 13.3. The van der Waals surface area contributed by atoms with Crippen molar-refractivity contribution in [3.63, 3.8) is 0 Å². The lowest BCUT2D eigenvalue weighted by Gasteiger charge is -2.39. The van der Waals surface area contributed by atoms with Crippen molar-refractivity contribution in [3.05, 3.63) is 48.0 Å². The molecule has 0 saturated carbocycles. The van der Waals surface area contributed by atoms with Crippen molar-refractivity contribution in [2.45, 2.75) is 24.6 Å². The number of nitrogens with one attached hydrogen (secondary N) is 1. The van der Waals surface area contributed by atoms with Crippen molar-refractivity contribution in [2.24, 2.45) is 0 Å². The molecule has 150 valence electrons. The molecule has 1 N–H and O–H groups in total. The van der Waals surface area contributed by atoms with E-state index in [0.29, 0.717) is 30.2 Å². The van der Waals surface area contributed by atoms with Gasteiger partial charge in [-0.2, -0.15) is 13.2 Å². The van der Waals surface area contributed by atoms with Gasteiger partial charge in [0.05, 0.1) is 13.2 Å². The number of benzene rings is 1. The molecule has 6 nitrogen and oxygen atoms in total. The average Bonchev–Trinajstić information content (AvgIpc) is 2.68. The van der Waals surface area contributed by atoms with Crippen LogP contribution >= 0.6 is 0 Å². The van der Waals surface area contributed by atoms with Crippen molar-refractivity contribution < 1.29 is 27.1 Å². The lowest BCUT2D eigenvalue weighted by atomic mass is 9.85. The lowest BCUT2D eigenvalue weighted by Crippen LogP contribution is -2.54. The van der Waals surface area contributed by atoms with Crippen molar-refractivity contribution >= 4 is 11.7 Å². The van der Waals surface area contributed by atoms with Gasteiger partial charge in [0, 0.05) is 25.1 Å². The summed E-state index contributed by atoms with van der Waals surface area (Å²) in [6.45, 7) is 0.588. The van der Waals surface area contributed by atoms with Gasteiger partial charge in [-0.15, -0.1) is 0 Å². The zero-order valence-electron chi connectivity index (χ0n) is 14.9. The average molecular weight is 398 g/mol. The molecule has 1 amide bonds. The summed E-state index contributed by atoms with van der Waals surface area (Å²) in [5.74, 6) is -2.04. The monoisotopic (exact) mass is 398 g/mol. The molecule has 1 fully saturated rings. The molecule has 10 heteroatoms. The minimum atomic E-state index is -4.99. The predicted molar refractivity (Wildman–Crippen MR) is 92.5 cm³/mol. The van der Waals surface area contributed by atoms with Crippen molar-refractivity contribution in [1.29, 1.82) is 0 Å². The molecule has 28 heavy (non-hydrogen) atoms. The molecule has 2 heterocycles. The van der Waals surface area contributed by atoms with Crippen molar-refractivity contribution in [1.82, 2.24) is 15.3 Å². The topological polar surface area (TPSA) is 67.3 Å². The van der Waals surface area contributed by atoms with Crippen LogP contribution in [0.4, 0.5) is 23.4 Å². The molecule has 1 aliphatic rings. The second-order valence-corrected chi connectivity index (χ2v) is 6.39. The highest BCUT2D eigenvalue weighted by Crippen LogP contribution is 2.31. The molecule has 0 bridgehead atoms. The maximum Gasteiger partial charge on any atom is 0.471 e. The van der Waals surface area contributed by atoms with Gasteiger partial charge in [-0.25, -0.2) is 14.4 Å². The zero-order chi connectivity index (χ0) is 20.3. The van der Waals surface area contributed by atoms with Crippen LogP contribution in [-0.4, -0.2) is 48.3 Å². The van der Waals surface area contributed by atoms with Gasteiger partial charge in [-0.3, -0.25) is 4.79 Å². The fraction of sp³-hybridized carbons (Fsp3) is 0.389. The Morgan fingerprint density at radius 2 is 1.96 bits per heavy atom. The van der Waals surface area contributed by atoms with Crippen molar-refractivity contribution in [3.8, 4) is 5.88 Å². The Morgan fingerprint density at radius 1 is 1.25 bits per heavy atom. The van der Waals surface area contributed by atoms with Gasteiger partial charge in [-0.05, 0) is 24.1 Å². The van der Waals surface area contributed by atoms with Gasteiger partial charge in [-0.1, -0.05) is 12.1 Å². The number of piperidine rings is 1. The molecular formula is C18H18F4N4O2. The standard InChI is InChI=1S/C18H18F4N4O2/c1-28-16-8-15(23-10-24-16)26-7-6-13(11-2-4-12(19)5-3-11)14(9-26)25-17(27)18(20,21)22/h2-5,8,10,13-14H,6-7,9H2,1H3,(H,25,27)/t13-,14+/m0/s1. The maximum absolute atomic E-state index is 13.2. The number of carbonyl (C=O) groups excluding carboxylic acids is 1. The summed E-state index contributed by atoms with van der Waals surface area (Å²) < 4.78 is 56.7. The number of hydrogen-bond donors (Lipinski definition) is 1. The number of amides is 1. The summed E-state index contributed by atoms with van der Waals surface area (Å²) >= 11 is 0. The number of halogens is 4. The number of rotatable bonds is 4. The summed E-state index contributed by atoms with van der Waals surface area (Å²) in [5.41, 5.74) is 0.661. The van der Waals surface area contributed by atoms with E-state index in [0.717, 1.165) is 0 Å². The second kappa shape index (κ2) is 7.99. The number of alkyl halides is 3. The summed E-state index contributed by atoms with van der Waals surface area (Å²) in [6, 6.07) is 6.28. The number of aromatic nitrogens is 2. The van der Waals surface area contributed by atoms with E-state index < -0.39 is 29.9 Å². The van der Waals surface area contributed by atoms with Crippen LogP contribution < -0.4 is 15.0 Å². The van der Waals surface area contributed by atoms with Crippen LogP contribution in [0.3, 0.4) is 0 Å². The van der Waals surface area contributed by atoms with Crippen molar-refractivity contribution in [2.75, 3.05) is 25.1 Å². The molecule has 0 aliphatic carbocycles. The van der Waals surface area contributed by atoms with Crippen LogP contribution in [0.25, 0.3) is 0 Å². The molecule has 0 unspecified atom stereocenters. The van der Waals surface area contributed by atoms with Crippen LogP contribution in [0.15, 0.2) is 36.7 Å². The Bertz CT molecular complexity index is 829. The molecule has 1 saturated heterocycles. The van der Waals surface area contributed by atoms with Crippen LogP contribution in [0.5, 0.6) is 5.88 Å². The number of carbonyl (C=O) groups is 1. The molecule has 3 rings (SSSR count). The van der Waals surface area contributed by atoms with E-state index in [2.05, 4.69) is 15.3 Å². The molecule has 2 aromatic rings. The largest absolute Gasteiger partial charge is 0.481 e. The molecule has 0 radical (unpaired) electrons. The van der Waals surface area contributed by atoms with E-state index in [1.165, 1.54) is 37.7 Å². The third-order valence-electron chi connectivity index (χ3n) is 4.65. The Kier molecular flexibility index (Phi) is 5.66. The fourth-order valence-electron chi connectivity index (χ4n) is 3.28. The SMILES string of the molecule is COc1cc(N2CC[C@@H](c3ccc(F)cc3)[C@H](NC(=O)C(F)(F)F)C2)ncn1. The van der Waals surface area contributed by atoms with Gasteiger partial charge in [0.1, 0.15) is 18.0 Å². The van der Waals surface area contributed by atoms with E-state index in [9.17, 15) is 22.4 Å². The summed E-state index contributed by atoms with van der Waals surface area (Å²) in [7, 11) is 1.44. The maximum atomic E-state index is 13.2. The molecule has 1 aromatic heterocycles. The Morgan fingerprint density at radius 3 is 2.61 bits per heavy atom. The minimum absolute atomic E-state index is 0.101. The summed E-state index contributed by atoms with van der Waals surface area (Å²) in [4.78, 5) is 21.3. The second-order valence-electron chi connectivity index (χ2n) is 6.39. The van der Waals surface area contributed by atoms with E-state index in [-0.39, 0.29) is 6.54 Å². The zero-order valence-corrected chi connectivity index (χ0v) is 14.9. The van der Waals surface area contributed by atoms with Gasteiger partial charge in [0.25, 0.3) is 0 Å². The number of ether oxygens (including phenoxy) is 1. The third-order valence-corrected chi connectivity index (χ3v) is 4.65. The molecule has 2 atom stereocenters. The van der Waals surface area contributed by atoms with E-state index >= 15 is 0 Å². The Labute approximate surface area is 158 Å². The predicted octanol–water partition coefficient (Wildman–Crippen LogP) is 2.67. The van der Waals surface area contributed by atoms with Gasteiger partial charge in [0.2, 0.25) is 5.88 Å². The van der Waals surface area contributed by atoms with Crippen LogP contribution in [-0.2, 0) is 4.79 Å². The molecule has 1 aromatic carbocycles. The third kappa shape index (κ3) is 4.49. The Balaban J connectivity index is 1.85. The van der Waals surface area contributed by atoms with Crippen LogP contribution in [0, 0.1) is 5.82 Å². The fourth-order valence-corrected chi connectivity index (χ4v) is 3.28. The molecule has 0 spiro atoms. The number of hydrogen-bond acceptors (Lipinski definition) is 5. The highest BCUT2D eigenvalue weighted by molar-refractivity contribution is 5.82. The highest BCUT2D eigenvalue weighted by atomic mass is 19.4. The molecular weight excluding hydrogens is 380 g/mol. The number of anilines is 1. The van der Waals surface area contributed by atoms with E-state index in [1.54, 1.807) is 11.0 Å². The highest BCUT2D eigenvalue weighted by Gasteiger charge is 2.42. The first kappa shape index (κ1) is 19.8. The normalized spacial score (nSPS) is 20.0. The number of methoxy groups -OCH3 is 1. The smallest absolute Gasteiger partial charge is 0.471 e. The van der Waals surface area contributed by atoms with Crippen LogP contribution in [0.2, 0.25) is 0 Å². The van der Waals surface area contributed by atoms with Gasteiger partial charge >= 0.3 is 12.1 Å². The first-order valence-electron chi connectivity index (χ1n) is 8.52.